The molecule has 0 heterocycles. The van der Waals surface area contributed by atoms with E-state index >= 15 is 0 Å². The molecule has 0 atom stereocenters. The zero-order valence-corrected chi connectivity index (χ0v) is 9.78. The molecular weight excluding hydrogens is 226 g/mol. The van der Waals surface area contributed by atoms with E-state index in [2.05, 4.69) is 0 Å². The van der Waals surface area contributed by atoms with Gasteiger partial charge in [-0.05, 0) is 12.3 Å². The number of halogens is 2. The van der Waals surface area contributed by atoms with E-state index < -0.39 is 29.0 Å². The van der Waals surface area contributed by atoms with Crippen molar-refractivity contribution >= 4 is 10.0 Å². The quantitative estimate of drug-likeness (QED) is 0.687. The molecule has 0 bridgehead atoms. The van der Waals surface area contributed by atoms with Gasteiger partial charge in [0.05, 0.1) is 18.8 Å². The minimum absolute atomic E-state index is 0.134. The van der Waals surface area contributed by atoms with E-state index in [0.29, 0.717) is 6.42 Å². The third-order valence-corrected chi connectivity index (χ3v) is 3.17. The molecule has 0 spiro atoms. The van der Waals surface area contributed by atoms with Crippen LogP contribution >= 0.6 is 0 Å². The van der Waals surface area contributed by atoms with Gasteiger partial charge in [-0.3, -0.25) is 0 Å². The first kappa shape index (κ1) is 14.7. The van der Waals surface area contributed by atoms with Gasteiger partial charge < -0.3 is 5.73 Å². The fourth-order valence-electron chi connectivity index (χ4n) is 0.751. The molecule has 0 aliphatic carbocycles. The van der Waals surface area contributed by atoms with Crippen LogP contribution in [0, 0.1) is 5.92 Å². The Hall–Kier alpha value is -0.270. The standard InChI is InChI=1S/C8H18F2N2O2S/c1-7(2)3-4-15(13,14)12-6-8(9,10)5-11/h7,12H,3-6,11H2,1-2H3. The fourth-order valence-corrected chi connectivity index (χ4v) is 2.11. The summed E-state index contributed by atoms with van der Waals surface area (Å²) in [5.74, 6) is -3.09. The van der Waals surface area contributed by atoms with Crippen molar-refractivity contribution in [3.8, 4) is 0 Å². The van der Waals surface area contributed by atoms with Crippen LogP contribution in [0.4, 0.5) is 8.78 Å². The molecule has 92 valence electrons. The monoisotopic (exact) mass is 244 g/mol. The highest BCUT2D eigenvalue weighted by Crippen LogP contribution is 2.10. The van der Waals surface area contributed by atoms with Crippen LogP contribution in [0.5, 0.6) is 0 Å². The first-order valence-corrected chi connectivity index (χ1v) is 6.39. The Morgan fingerprint density at radius 3 is 2.33 bits per heavy atom. The van der Waals surface area contributed by atoms with Gasteiger partial charge in [-0.25, -0.2) is 21.9 Å². The molecule has 0 aliphatic heterocycles. The first-order chi connectivity index (χ1) is 6.68. The van der Waals surface area contributed by atoms with Crippen LogP contribution in [-0.2, 0) is 10.0 Å². The van der Waals surface area contributed by atoms with E-state index in [1.165, 1.54) is 0 Å². The van der Waals surface area contributed by atoms with Gasteiger partial charge in [0, 0.05) is 0 Å². The van der Waals surface area contributed by atoms with Crippen LogP contribution in [0.15, 0.2) is 0 Å². The molecule has 3 N–H and O–H groups in total. The van der Waals surface area contributed by atoms with Gasteiger partial charge >= 0.3 is 0 Å². The maximum Gasteiger partial charge on any atom is 0.273 e. The molecule has 0 saturated carbocycles. The lowest BCUT2D eigenvalue weighted by Gasteiger charge is -2.15. The molecule has 0 radical (unpaired) electrons. The smallest absolute Gasteiger partial charge is 0.273 e. The summed E-state index contributed by atoms with van der Waals surface area (Å²) in [5, 5.41) is 0. The van der Waals surface area contributed by atoms with Crippen molar-refractivity contribution in [2.24, 2.45) is 11.7 Å². The minimum Gasteiger partial charge on any atom is -0.325 e. The van der Waals surface area contributed by atoms with Crippen LogP contribution in [0.1, 0.15) is 20.3 Å². The highest BCUT2D eigenvalue weighted by Gasteiger charge is 2.28. The number of alkyl halides is 2. The van der Waals surface area contributed by atoms with Gasteiger partial charge in [0.15, 0.2) is 0 Å². The van der Waals surface area contributed by atoms with Gasteiger partial charge in [-0.15, -0.1) is 0 Å². The van der Waals surface area contributed by atoms with Crippen LogP contribution in [0.3, 0.4) is 0 Å². The predicted octanol–water partition coefficient (Wildman–Crippen LogP) is 0.546. The minimum atomic E-state index is -3.61. The van der Waals surface area contributed by atoms with Crippen molar-refractivity contribution in [1.29, 1.82) is 0 Å². The lowest BCUT2D eigenvalue weighted by atomic mass is 10.2. The van der Waals surface area contributed by atoms with Crippen molar-refractivity contribution in [1.82, 2.24) is 4.72 Å². The first-order valence-electron chi connectivity index (χ1n) is 4.74. The van der Waals surface area contributed by atoms with E-state index in [1.807, 2.05) is 18.6 Å². The van der Waals surface area contributed by atoms with E-state index in [0.717, 1.165) is 0 Å². The number of hydrogen-bond acceptors (Lipinski definition) is 3. The van der Waals surface area contributed by atoms with E-state index in [4.69, 9.17) is 5.73 Å². The Morgan fingerprint density at radius 1 is 1.40 bits per heavy atom. The summed E-state index contributed by atoms with van der Waals surface area (Å²) >= 11 is 0. The molecule has 0 aromatic carbocycles. The van der Waals surface area contributed by atoms with Crippen LogP contribution in [0.2, 0.25) is 0 Å². The second-order valence-electron chi connectivity index (χ2n) is 3.88. The molecule has 0 unspecified atom stereocenters. The summed E-state index contributed by atoms with van der Waals surface area (Å²) in [6.07, 6.45) is 0.448. The summed E-state index contributed by atoms with van der Waals surface area (Å²) in [7, 11) is -3.61. The van der Waals surface area contributed by atoms with E-state index in [1.54, 1.807) is 0 Å². The summed E-state index contributed by atoms with van der Waals surface area (Å²) in [6.45, 7) is 1.94. The second kappa shape index (κ2) is 5.72. The highest BCUT2D eigenvalue weighted by molar-refractivity contribution is 7.89. The molecule has 0 aromatic heterocycles. The van der Waals surface area contributed by atoms with Crippen molar-refractivity contribution in [2.75, 3.05) is 18.8 Å². The molecule has 0 rings (SSSR count). The summed E-state index contributed by atoms with van der Waals surface area (Å²) < 4.78 is 49.5. The number of rotatable bonds is 7. The fraction of sp³-hybridized carbons (Fsp3) is 1.00. The average Bonchev–Trinajstić information content (AvgIpc) is 2.13. The van der Waals surface area contributed by atoms with Gasteiger partial charge in [0.1, 0.15) is 0 Å². The van der Waals surface area contributed by atoms with Gasteiger partial charge in [-0.2, -0.15) is 0 Å². The van der Waals surface area contributed by atoms with Crippen molar-refractivity contribution < 1.29 is 17.2 Å². The maximum atomic E-state index is 12.6. The Bertz CT molecular complexity index is 278. The van der Waals surface area contributed by atoms with Crippen LogP contribution in [0.25, 0.3) is 0 Å². The third kappa shape index (κ3) is 7.64. The molecule has 0 aliphatic rings. The van der Waals surface area contributed by atoms with Crippen molar-refractivity contribution in [3.05, 3.63) is 0 Å². The largest absolute Gasteiger partial charge is 0.325 e. The maximum absolute atomic E-state index is 12.6. The Morgan fingerprint density at radius 2 is 1.93 bits per heavy atom. The lowest BCUT2D eigenvalue weighted by molar-refractivity contribution is 0.0170. The topological polar surface area (TPSA) is 72.2 Å². The van der Waals surface area contributed by atoms with Gasteiger partial charge in [-0.1, -0.05) is 13.8 Å². The zero-order valence-electron chi connectivity index (χ0n) is 8.96. The molecule has 0 amide bonds. The second-order valence-corrected chi connectivity index (χ2v) is 5.81. The Balaban J connectivity index is 4.05. The van der Waals surface area contributed by atoms with Crippen LogP contribution < -0.4 is 10.5 Å². The highest BCUT2D eigenvalue weighted by atomic mass is 32.2. The molecular formula is C8H18F2N2O2S. The Kier molecular flexibility index (Phi) is 5.61. The van der Waals surface area contributed by atoms with Crippen molar-refractivity contribution in [2.45, 2.75) is 26.2 Å². The van der Waals surface area contributed by atoms with E-state index in [-0.39, 0.29) is 11.7 Å². The molecule has 0 fully saturated rings. The van der Waals surface area contributed by atoms with E-state index in [9.17, 15) is 17.2 Å². The number of hydrogen-bond donors (Lipinski definition) is 2. The normalized spacial score (nSPS) is 13.5. The van der Waals surface area contributed by atoms with Gasteiger partial charge in [0.2, 0.25) is 10.0 Å². The third-order valence-electron chi connectivity index (χ3n) is 1.81. The Labute approximate surface area is 89.3 Å². The molecule has 15 heavy (non-hydrogen) atoms. The number of nitrogens with two attached hydrogens (primary N) is 1. The summed E-state index contributed by atoms with van der Waals surface area (Å²) in [5.41, 5.74) is 4.77. The number of sulfonamides is 1. The summed E-state index contributed by atoms with van der Waals surface area (Å²) in [4.78, 5) is 0. The molecule has 0 saturated heterocycles. The molecule has 0 aromatic rings. The average molecular weight is 244 g/mol. The van der Waals surface area contributed by atoms with Crippen LogP contribution in [-0.4, -0.2) is 33.2 Å². The lowest BCUT2D eigenvalue weighted by Crippen LogP contribution is -2.42. The van der Waals surface area contributed by atoms with Crippen molar-refractivity contribution in [3.63, 3.8) is 0 Å². The molecule has 7 heteroatoms. The molecule has 4 nitrogen and oxygen atoms in total. The SMILES string of the molecule is CC(C)CCS(=O)(=O)NCC(F)(F)CN. The zero-order chi connectivity index (χ0) is 12.1. The summed E-state index contributed by atoms with van der Waals surface area (Å²) in [6, 6.07) is 0. The number of nitrogens with one attached hydrogen (secondary N) is 1. The van der Waals surface area contributed by atoms with Gasteiger partial charge in [0.25, 0.3) is 5.92 Å². The predicted molar refractivity (Wildman–Crippen MR) is 55.2 cm³/mol.